The molecule has 6 heteroatoms. The summed E-state index contributed by atoms with van der Waals surface area (Å²) in [6.07, 6.45) is -3.34. The molecule has 0 radical (unpaired) electrons. The Kier molecular flexibility index (Phi) is 3.82. The van der Waals surface area contributed by atoms with Crippen molar-refractivity contribution < 1.29 is 18.0 Å². The molecule has 2 amide bonds. The highest BCUT2D eigenvalue weighted by molar-refractivity contribution is 5.74. The molecule has 1 N–H and O–H groups in total. The van der Waals surface area contributed by atoms with Crippen molar-refractivity contribution >= 4 is 6.03 Å². The van der Waals surface area contributed by atoms with E-state index >= 15 is 0 Å². The predicted octanol–water partition coefficient (Wildman–Crippen LogP) is 2.13. The summed E-state index contributed by atoms with van der Waals surface area (Å²) in [5, 5.41) is 2.35. The molecule has 1 atom stereocenters. The van der Waals surface area contributed by atoms with E-state index in [1.165, 1.54) is 6.92 Å². The first kappa shape index (κ1) is 12.1. The van der Waals surface area contributed by atoms with Crippen LogP contribution in [0.25, 0.3) is 0 Å². The van der Waals surface area contributed by atoms with Crippen LogP contribution in [0.1, 0.15) is 26.2 Å². The second-order valence-electron chi connectivity index (χ2n) is 3.86. The number of nitrogens with zero attached hydrogens (tertiary/aromatic N) is 1. The van der Waals surface area contributed by atoms with Gasteiger partial charge in [0.2, 0.25) is 0 Å². The molecule has 1 rings (SSSR count). The molecule has 0 aromatic heterocycles. The van der Waals surface area contributed by atoms with E-state index in [-0.39, 0.29) is 6.03 Å². The van der Waals surface area contributed by atoms with E-state index in [2.05, 4.69) is 5.32 Å². The lowest BCUT2D eigenvalue weighted by atomic mass is 10.2. The predicted molar refractivity (Wildman–Crippen MR) is 49.5 cm³/mol. The molecule has 0 spiro atoms. The second kappa shape index (κ2) is 4.72. The smallest absolute Gasteiger partial charge is 0.335 e. The minimum absolute atomic E-state index is 0.385. The number of rotatable bonds is 2. The Morgan fingerprint density at radius 3 is 2.40 bits per heavy atom. The fourth-order valence-electron chi connectivity index (χ4n) is 1.62. The van der Waals surface area contributed by atoms with Crippen LogP contribution >= 0.6 is 0 Å². The summed E-state index contributed by atoms with van der Waals surface area (Å²) in [5.74, 6) is 0. The Morgan fingerprint density at radius 1 is 1.40 bits per heavy atom. The van der Waals surface area contributed by atoms with E-state index in [0.29, 0.717) is 13.1 Å². The molecule has 3 nitrogen and oxygen atoms in total. The number of amides is 2. The van der Waals surface area contributed by atoms with Crippen molar-refractivity contribution in [3.63, 3.8) is 0 Å². The van der Waals surface area contributed by atoms with Gasteiger partial charge in [-0.3, -0.25) is 0 Å². The lowest BCUT2D eigenvalue weighted by Gasteiger charge is -2.21. The van der Waals surface area contributed by atoms with Gasteiger partial charge >= 0.3 is 12.2 Å². The van der Waals surface area contributed by atoms with Crippen LogP contribution in [0.15, 0.2) is 0 Å². The van der Waals surface area contributed by atoms with Gasteiger partial charge in [0.05, 0.1) is 6.42 Å². The highest BCUT2D eigenvalue weighted by atomic mass is 19.4. The van der Waals surface area contributed by atoms with E-state index in [4.69, 9.17) is 0 Å². The molecule has 1 fully saturated rings. The molecule has 0 aliphatic carbocycles. The van der Waals surface area contributed by atoms with Crippen molar-refractivity contribution in [2.75, 3.05) is 13.1 Å². The van der Waals surface area contributed by atoms with E-state index in [1.54, 1.807) is 4.90 Å². The lowest BCUT2D eigenvalue weighted by molar-refractivity contribution is -0.138. The molecule has 0 saturated carbocycles. The summed E-state index contributed by atoms with van der Waals surface area (Å²) in [6, 6.07) is -1.25. The van der Waals surface area contributed by atoms with Crippen molar-refractivity contribution in [1.29, 1.82) is 0 Å². The highest BCUT2D eigenvalue weighted by Crippen LogP contribution is 2.21. The molecule has 0 bridgehead atoms. The van der Waals surface area contributed by atoms with E-state index in [0.717, 1.165) is 12.8 Å². The third-order valence-corrected chi connectivity index (χ3v) is 2.30. The summed E-state index contributed by atoms with van der Waals surface area (Å²) < 4.78 is 35.9. The Morgan fingerprint density at radius 2 is 1.93 bits per heavy atom. The Hall–Kier alpha value is -0.940. The first-order valence-corrected chi connectivity index (χ1v) is 5.00. The van der Waals surface area contributed by atoms with Crippen molar-refractivity contribution in [3.05, 3.63) is 0 Å². The third kappa shape index (κ3) is 4.40. The molecular formula is C9H15F3N2O. The molecule has 1 unspecified atom stereocenters. The topological polar surface area (TPSA) is 32.3 Å². The summed E-state index contributed by atoms with van der Waals surface area (Å²) in [7, 11) is 0. The molecule has 15 heavy (non-hydrogen) atoms. The largest absolute Gasteiger partial charge is 0.391 e. The van der Waals surface area contributed by atoms with Gasteiger partial charge in [-0.15, -0.1) is 0 Å². The number of halogens is 3. The average molecular weight is 224 g/mol. The SMILES string of the molecule is CC(CC(F)(F)F)NC(=O)N1CCCC1. The van der Waals surface area contributed by atoms with Crippen LogP contribution in [-0.4, -0.2) is 36.2 Å². The molecular weight excluding hydrogens is 209 g/mol. The van der Waals surface area contributed by atoms with Crippen molar-refractivity contribution in [1.82, 2.24) is 10.2 Å². The van der Waals surface area contributed by atoms with Gasteiger partial charge in [-0.1, -0.05) is 0 Å². The summed E-state index contributed by atoms with van der Waals surface area (Å²) in [5.41, 5.74) is 0. The molecule has 0 aromatic carbocycles. The van der Waals surface area contributed by atoms with Gasteiger partial charge in [0.15, 0.2) is 0 Å². The highest BCUT2D eigenvalue weighted by Gasteiger charge is 2.31. The monoisotopic (exact) mass is 224 g/mol. The third-order valence-electron chi connectivity index (χ3n) is 2.30. The average Bonchev–Trinajstić information content (AvgIpc) is 2.50. The van der Waals surface area contributed by atoms with Gasteiger partial charge in [-0.05, 0) is 19.8 Å². The Bertz CT molecular complexity index is 224. The van der Waals surface area contributed by atoms with E-state index in [9.17, 15) is 18.0 Å². The molecule has 1 aliphatic rings. The number of carbonyl (C=O) groups is 1. The number of hydrogen-bond donors (Lipinski definition) is 1. The molecule has 0 aromatic rings. The minimum Gasteiger partial charge on any atom is -0.335 e. The quantitative estimate of drug-likeness (QED) is 0.765. The standard InChI is InChI=1S/C9H15F3N2O/c1-7(6-9(10,11)12)13-8(15)14-4-2-3-5-14/h7H,2-6H2,1H3,(H,13,15). The number of likely N-dealkylation sites (tertiary alicyclic amines) is 1. The second-order valence-corrected chi connectivity index (χ2v) is 3.86. The van der Waals surface area contributed by atoms with Gasteiger partial charge < -0.3 is 10.2 Å². The van der Waals surface area contributed by atoms with Crippen LogP contribution in [0, 0.1) is 0 Å². The first-order chi connectivity index (χ1) is 6.88. The maximum absolute atomic E-state index is 12.0. The summed E-state index contributed by atoms with van der Waals surface area (Å²) >= 11 is 0. The van der Waals surface area contributed by atoms with Gasteiger partial charge in [0, 0.05) is 19.1 Å². The number of nitrogens with one attached hydrogen (secondary N) is 1. The van der Waals surface area contributed by atoms with Crippen LogP contribution in [-0.2, 0) is 0 Å². The number of urea groups is 1. The fourth-order valence-corrected chi connectivity index (χ4v) is 1.62. The summed E-state index contributed by atoms with van der Waals surface area (Å²) in [4.78, 5) is 12.9. The maximum atomic E-state index is 12.0. The molecule has 88 valence electrons. The zero-order chi connectivity index (χ0) is 11.5. The van der Waals surface area contributed by atoms with Crippen LogP contribution in [0.4, 0.5) is 18.0 Å². The molecule has 1 saturated heterocycles. The Labute approximate surface area is 86.6 Å². The first-order valence-electron chi connectivity index (χ1n) is 5.00. The van der Waals surface area contributed by atoms with E-state index in [1.807, 2.05) is 0 Å². The normalized spacial score (nSPS) is 19.1. The van der Waals surface area contributed by atoms with Crippen LogP contribution in [0.2, 0.25) is 0 Å². The van der Waals surface area contributed by atoms with Crippen molar-refractivity contribution in [2.24, 2.45) is 0 Å². The van der Waals surface area contributed by atoms with Gasteiger partial charge in [0.25, 0.3) is 0 Å². The molecule has 1 heterocycles. The number of alkyl halides is 3. The zero-order valence-electron chi connectivity index (χ0n) is 8.60. The number of hydrogen-bond acceptors (Lipinski definition) is 1. The zero-order valence-corrected chi connectivity index (χ0v) is 8.60. The Balaban J connectivity index is 2.30. The van der Waals surface area contributed by atoms with Crippen molar-refractivity contribution in [2.45, 2.75) is 38.4 Å². The van der Waals surface area contributed by atoms with Crippen LogP contribution in [0.3, 0.4) is 0 Å². The summed E-state index contributed by atoms with van der Waals surface area (Å²) in [6.45, 7) is 2.65. The van der Waals surface area contributed by atoms with E-state index < -0.39 is 18.6 Å². The lowest BCUT2D eigenvalue weighted by Crippen LogP contribution is -2.43. The van der Waals surface area contributed by atoms with Crippen LogP contribution in [0.5, 0.6) is 0 Å². The number of carbonyl (C=O) groups excluding carboxylic acids is 1. The van der Waals surface area contributed by atoms with Gasteiger partial charge in [-0.2, -0.15) is 13.2 Å². The van der Waals surface area contributed by atoms with Crippen molar-refractivity contribution in [3.8, 4) is 0 Å². The molecule has 1 aliphatic heterocycles. The minimum atomic E-state index is -4.22. The van der Waals surface area contributed by atoms with Gasteiger partial charge in [-0.25, -0.2) is 4.79 Å². The fraction of sp³-hybridized carbons (Fsp3) is 0.889. The maximum Gasteiger partial charge on any atom is 0.391 e. The van der Waals surface area contributed by atoms with Gasteiger partial charge in [0.1, 0.15) is 0 Å². The van der Waals surface area contributed by atoms with Crippen LogP contribution < -0.4 is 5.32 Å².